The van der Waals surface area contributed by atoms with Crippen molar-refractivity contribution in [3.8, 4) is 11.4 Å². The number of aliphatic hydroxyl groups is 1. The monoisotopic (exact) mass is 385 g/mol. The van der Waals surface area contributed by atoms with Gasteiger partial charge in [-0.05, 0) is 32.3 Å². The Labute approximate surface area is 154 Å². The molecule has 1 aliphatic rings. The molecule has 0 spiro atoms. The second kappa shape index (κ2) is 7.95. The van der Waals surface area contributed by atoms with E-state index in [4.69, 9.17) is 4.74 Å². The van der Waals surface area contributed by atoms with Crippen molar-refractivity contribution in [2.24, 2.45) is 0 Å². The smallest absolute Gasteiger partial charge is 0.376 e. The Hall–Kier alpha value is -1.97. The van der Waals surface area contributed by atoms with E-state index < -0.39 is 18.3 Å². The SMILES string of the molecule is CC(C)N(Cc1ccc(-c2noc(C(F)(F)F)n2)cc1)C(O)[C@@H]1CCCO1. The number of hydrogen-bond donors (Lipinski definition) is 1. The minimum absolute atomic E-state index is 0.0930. The van der Waals surface area contributed by atoms with Crippen molar-refractivity contribution in [3.63, 3.8) is 0 Å². The molecule has 148 valence electrons. The zero-order valence-corrected chi connectivity index (χ0v) is 15.1. The van der Waals surface area contributed by atoms with E-state index in [9.17, 15) is 18.3 Å². The highest BCUT2D eigenvalue weighted by Gasteiger charge is 2.38. The van der Waals surface area contributed by atoms with E-state index in [1.807, 2.05) is 18.7 Å². The quantitative estimate of drug-likeness (QED) is 0.768. The first-order valence-electron chi connectivity index (χ1n) is 8.81. The van der Waals surface area contributed by atoms with Crippen molar-refractivity contribution >= 4 is 0 Å². The number of ether oxygens (including phenoxy) is 1. The number of hydrogen-bond acceptors (Lipinski definition) is 6. The van der Waals surface area contributed by atoms with Crippen LogP contribution in [0.25, 0.3) is 11.4 Å². The molecular formula is C18H22F3N3O3. The molecule has 0 bridgehead atoms. The van der Waals surface area contributed by atoms with Crippen molar-refractivity contribution in [1.29, 1.82) is 0 Å². The van der Waals surface area contributed by atoms with Gasteiger partial charge in [0.25, 0.3) is 0 Å². The molecule has 0 amide bonds. The molecule has 1 aromatic carbocycles. The van der Waals surface area contributed by atoms with Crippen LogP contribution in [0.1, 0.15) is 38.1 Å². The van der Waals surface area contributed by atoms with E-state index >= 15 is 0 Å². The van der Waals surface area contributed by atoms with E-state index in [-0.39, 0.29) is 18.0 Å². The fraction of sp³-hybridized carbons (Fsp3) is 0.556. The highest BCUT2D eigenvalue weighted by Crippen LogP contribution is 2.29. The standard InChI is InChI=1S/C18H22F3N3O3/c1-11(2)24(16(25)14-4-3-9-26-14)10-12-5-7-13(8-6-12)15-22-17(27-23-15)18(19,20)21/h5-8,11,14,16,25H,3-4,9-10H2,1-2H3/t14-,16?/m0/s1. The molecule has 1 saturated heterocycles. The van der Waals surface area contributed by atoms with Crippen LogP contribution in [0.5, 0.6) is 0 Å². The summed E-state index contributed by atoms with van der Waals surface area (Å²) < 4.78 is 47.5. The predicted molar refractivity (Wildman–Crippen MR) is 90.4 cm³/mol. The second-order valence-electron chi connectivity index (χ2n) is 6.85. The van der Waals surface area contributed by atoms with E-state index in [1.54, 1.807) is 24.3 Å². The molecular weight excluding hydrogens is 363 g/mol. The molecule has 1 unspecified atom stereocenters. The zero-order chi connectivity index (χ0) is 19.6. The van der Waals surface area contributed by atoms with Gasteiger partial charge < -0.3 is 14.4 Å². The third kappa shape index (κ3) is 4.66. The maximum absolute atomic E-state index is 12.6. The van der Waals surface area contributed by atoms with Gasteiger partial charge in [0.2, 0.25) is 5.82 Å². The van der Waals surface area contributed by atoms with Gasteiger partial charge in [0.15, 0.2) is 0 Å². The number of aliphatic hydroxyl groups excluding tert-OH is 1. The number of benzene rings is 1. The summed E-state index contributed by atoms with van der Waals surface area (Å²) in [6.45, 7) is 5.13. The summed E-state index contributed by atoms with van der Waals surface area (Å²) in [7, 11) is 0. The van der Waals surface area contributed by atoms with Crippen LogP contribution in [-0.4, -0.2) is 45.1 Å². The number of rotatable bonds is 6. The maximum Gasteiger partial charge on any atom is 0.471 e. The Kier molecular flexibility index (Phi) is 5.83. The average Bonchev–Trinajstić information content (AvgIpc) is 3.30. The normalized spacial score (nSPS) is 19.2. The molecule has 0 radical (unpaired) electrons. The number of nitrogens with zero attached hydrogens (tertiary/aromatic N) is 3. The summed E-state index contributed by atoms with van der Waals surface area (Å²) in [5.74, 6) is -1.48. The average molecular weight is 385 g/mol. The van der Waals surface area contributed by atoms with Gasteiger partial charge >= 0.3 is 12.1 Å². The third-order valence-electron chi connectivity index (χ3n) is 4.55. The van der Waals surface area contributed by atoms with Crippen molar-refractivity contribution in [3.05, 3.63) is 35.7 Å². The summed E-state index contributed by atoms with van der Waals surface area (Å²) >= 11 is 0. The van der Waals surface area contributed by atoms with Crippen LogP contribution in [-0.2, 0) is 17.5 Å². The Morgan fingerprint density at radius 3 is 2.48 bits per heavy atom. The van der Waals surface area contributed by atoms with Gasteiger partial charge in [0.1, 0.15) is 6.23 Å². The van der Waals surface area contributed by atoms with Crippen LogP contribution in [0.4, 0.5) is 13.2 Å². The zero-order valence-electron chi connectivity index (χ0n) is 15.1. The number of aromatic nitrogens is 2. The van der Waals surface area contributed by atoms with Crippen LogP contribution in [0, 0.1) is 0 Å². The van der Waals surface area contributed by atoms with Crippen molar-refractivity contribution in [2.45, 2.75) is 57.8 Å². The van der Waals surface area contributed by atoms with Crippen LogP contribution < -0.4 is 0 Å². The van der Waals surface area contributed by atoms with Crippen LogP contribution in [0.15, 0.2) is 28.8 Å². The van der Waals surface area contributed by atoms with Crippen LogP contribution in [0.2, 0.25) is 0 Å². The molecule has 9 heteroatoms. The van der Waals surface area contributed by atoms with Crippen molar-refractivity contribution < 1.29 is 27.5 Å². The molecule has 3 rings (SSSR count). The second-order valence-corrected chi connectivity index (χ2v) is 6.85. The van der Waals surface area contributed by atoms with E-state index in [0.29, 0.717) is 18.7 Å². The summed E-state index contributed by atoms with van der Waals surface area (Å²) in [5.41, 5.74) is 1.33. The molecule has 2 heterocycles. The van der Waals surface area contributed by atoms with E-state index in [1.165, 1.54) is 0 Å². The molecule has 2 atom stereocenters. The van der Waals surface area contributed by atoms with Gasteiger partial charge in [0, 0.05) is 24.8 Å². The molecule has 6 nitrogen and oxygen atoms in total. The molecule has 27 heavy (non-hydrogen) atoms. The van der Waals surface area contributed by atoms with Gasteiger partial charge in [-0.25, -0.2) is 0 Å². The van der Waals surface area contributed by atoms with Gasteiger partial charge in [0.05, 0.1) is 6.10 Å². The first-order valence-corrected chi connectivity index (χ1v) is 8.81. The minimum Gasteiger partial charge on any atom is -0.376 e. The highest BCUT2D eigenvalue weighted by molar-refractivity contribution is 5.54. The lowest BCUT2D eigenvalue weighted by Gasteiger charge is -2.34. The largest absolute Gasteiger partial charge is 0.471 e. The molecule has 1 N–H and O–H groups in total. The molecule has 1 fully saturated rings. The molecule has 1 aromatic heterocycles. The third-order valence-corrected chi connectivity index (χ3v) is 4.55. The van der Waals surface area contributed by atoms with Gasteiger partial charge in [-0.1, -0.05) is 29.4 Å². The Morgan fingerprint density at radius 1 is 1.26 bits per heavy atom. The summed E-state index contributed by atoms with van der Waals surface area (Å²) in [6.07, 6.45) is -3.82. The van der Waals surface area contributed by atoms with Gasteiger partial charge in [-0.15, -0.1) is 0 Å². The highest BCUT2D eigenvalue weighted by atomic mass is 19.4. The van der Waals surface area contributed by atoms with Gasteiger partial charge in [-0.3, -0.25) is 4.90 Å². The Balaban J connectivity index is 1.71. The molecule has 2 aromatic rings. The number of halogens is 3. The molecule has 0 saturated carbocycles. The Bertz CT molecular complexity index is 740. The number of alkyl halides is 3. The lowest BCUT2D eigenvalue weighted by molar-refractivity contribution is -0.159. The molecule has 1 aliphatic heterocycles. The first kappa shape index (κ1) is 19.8. The summed E-state index contributed by atoms with van der Waals surface area (Å²) in [5, 5.41) is 14.0. The van der Waals surface area contributed by atoms with Crippen LogP contribution in [0.3, 0.4) is 0 Å². The fourth-order valence-corrected chi connectivity index (χ4v) is 3.06. The predicted octanol–water partition coefficient (Wildman–Crippen LogP) is 3.46. The minimum atomic E-state index is -4.67. The summed E-state index contributed by atoms with van der Waals surface area (Å²) in [6, 6.07) is 6.91. The Morgan fingerprint density at radius 2 is 1.96 bits per heavy atom. The fourth-order valence-electron chi connectivity index (χ4n) is 3.06. The van der Waals surface area contributed by atoms with Gasteiger partial charge in [-0.2, -0.15) is 18.2 Å². The van der Waals surface area contributed by atoms with Crippen molar-refractivity contribution in [1.82, 2.24) is 15.0 Å². The lowest BCUT2D eigenvalue weighted by Crippen LogP contribution is -2.46. The van der Waals surface area contributed by atoms with Crippen LogP contribution >= 0.6 is 0 Å². The molecule has 0 aliphatic carbocycles. The maximum atomic E-state index is 12.6. The van der Waals surface area contributed by atoms with E-state index in [2.05, 4.69) is 14.7 Å². The first-order chi connectivity index (χ1) is 12.8. The van der Waals surface area contributed by atoms with E-state index in [0.717, 1.165) is 18.4 Å². The summed E-state index contributed by atoms with van der Waals surface area (Å²) in [4.78, 5) is 5.31. The lowest BCUT2D eigenvalue weighted by atomic mass is 10.1. The van der Waals surface area contributed by atoms with Crippen molar-refractivity contribution in [2.75, 3.05) is 6.61 Å². The topological polar surface area (TPSA) is 71.6 Å².